The Morgan fingerprint density at radius 1 is 1.38 bits per heavy atom. The van der Waals surface area contributed by atoms with Gasteiger partial charge in [0, 0.05) is 30.4 Å². The molecular weight excluding hydrogens is 302 g/mol. The molecule has 1 aliphatic rings. The zero-order valence-corrected chi connectivity index (χ0v) is 14.0. The van der Waals surface area contributed by atoms with Crippen molar-refractivity contribution in [1.29, 1.82) is 5.26 Å². The number of esters is 1. The van der Waals surface area contributed by atoms with Crippen molar-refractivity contribution >= 4 is 22.6 Å². The summed E-state index contributed by atoms with van der Waals surface area (Å²) in [6.45, 7) is 5.82. The SMILES string of the molecule is CCOC(=O)[C@@H]1CN(c2ccc(C#N)c3ncccc23)CC1CC. The minimum Gasteiger partial charge on any atom is -0.466 e. The number of aromatic nitrogens is 1. The molecule has 0 bridgehead atoms. The number of rotatable bonds is 4. The topological polar surface area (TPSA) is 66.2 Å². The third-order valence-corrected chi connectivity index (χ3v) is 4.76. The Labute approximate surface area is 141 Å². The first kappa shape index (κ1) is 16.3. The van der Waals surface area contributed by atoms with Gasteiger partial charge >= 0.3 is 5.97 Å². The molecule has 2 heterocycles. The van der Waals surface area contributed by atoms with Crippen molar-refractivity contribution in [2.75, 3.05) is 24.6 Å². The Balaban J connectivity index is 1.97. The number of nitriles is 1. The number of hydrogen-bond acceptors (Lipinski definition) is 5. The quantitative estimate of drug-likeness (QED) is 0.809. The number of carbonyl (C=O) groups is 1. The summed E-state index contributed by atoms with van der Waals surface area (Å²) in [5, 5.41) is 10.2. The van der Waals surface area contributed by atoms with Crippen molar-refractivity contribution < 1.29 is 9.53 Å². The van der Waals surface area contributed by atoms with Crippen molar-refractivity contribution in [3.8, 4) is 6.07 Å². The molecule has 0 N–H and O–H groups in total. The predicted molar refractivity (Wildman–Crippen MR) is 92.6 cm³/mol. The fraction of sp³-hybridized carbons (Fsp3) is 0.421. The van der Waals surface area contributed by atoms with Crippen LogP contribution in [-0.2, 0) is 9.53 Å². The number of carbonyl (C=O) groups excluding carboxylic acids is 1. The van der Waals surface area contributed by atoms with Crippen LogP contribution in [0.5, 0.6) is 0 Å². The third-order valence-electron chi connectivity index (χ3n) is 4.76. The highest BCUT2D eigenvalue weighted by Crippen LogP contribution is 2.35. The number of anilines is 1. The molecule has 1 aromatic carbocycles. The Morgan fingerprint density at radius 2 is 2.21 bits per heavy atom. The molecule has 0 amide bonds. The molecule has 124 valence electrons. The maximum Gasteiger partial charge on any atom is 0.311 e. The van der Waals surface area contributed by atoms with E-state index in [0.717, 1.165) is 24.0 Å². The van der Waals surface area contributed by atoms with Crippen molar-refractivity contribution in [3.05, 3.63) is 36.0 Å². The van der Waals surface area contributed by atoms with Crippen LogP contribution in [0, 0.1) is 23.2 Å². The third kappa shape index (κ3) is 2.80. The lowest BCUT2D eigenvalue weighted by Gasteiger charge is -2.20. The van der Waals surface area contributed by atoms with Gasteiger partial charge in [0.25, 0.3) is 0 Å². The van der Waals surface area contributed by atoms with Gasteiger partial charge in [-0.25, -0.2) is 0 Å². The van der Waals surface area contributed by atoms with Crippen molar-refractivity contribution in [2.24, 2.45) is 11.8 Å². The average Bonchev–Trinajstić information content (AvgIpc) is 3.05. The van der Waals surface area contributed by atoms with Gasteiger partial charge in [0.05, 0.1) is 23.6 Å². The monoisotopic (exact) mass is 323 g/mol. The summed E-state index contributed by atoms with van der Waals surface area (Å²) in [4.78, 5) is 18.8. The molecule has 1 aliphatic heterocycles. The van der Waals surface area contributed by atoms with Crippen LogP contribution in [-0.4, -0.2) is 30.6 Å². The van der Waals surface area contributed by atoms with Gasteiger partial charge in [0.1, 0.15) is 6.07 Å². The maximum atomic E-state index is 12.3. The largest absolute Gasteiger partial charge is 0.466 e. The van der Waals surface area contributed by atoms with Crippen LogP contribution in [0.4, 0.5) is 5.69 Å². The van der Waals surface area contributed by atoms with Crippen molar-refractivity contribution in [2.45, 2.75) is 20.3 Å². The van der Waals surface area contributed by atoms with E-state index in [4.69, 9.17) is 4.74 Å². The summed E-state index contributed by atoms with van der Waals surface area (Å²) in [7, 11) is 0. The normalized spacial score (nSPS) is 20.1. The highest BCUT2D eigenvalue weighted by Gasteiger charge is 2.38. The van der Waals surface area contributed by atoms with Crippen LogP contribution in [0.1, 0.15) is 25.8 Å². The van der Waals surface area contributed by atoms with Gasteiger partial charge in [-0.15, -0.1) is 0 Å². The molecule has 0 radical (unpaired) electrons. The highest BCUT2D eigenvalue weighted by atomic mass is 16.5. The second-order valence-corrected chi connectivity index (χ2v) is 6.08. The fourth-order valence-electron chi connectivity index (χ4n) is 3.52. The van der Waals surface area contributed by atoms with Crippen LogP contribution in [0.3, 0.4) is 0 Å². The molecule has 2 aromatic rings. The molecule has 2 atom stereocenters. The Hall–Kier alpha value is -2.61. The van der Waals surface area contributed by atoms with Gasteiger partial charge in [-0.3, -0.25) is 9.78 Å². The molecule has 1 fully saturated rings. The minimum absolute atomic E-state index is 0.0997. The van der Waals surface area contributed by atoms with Gasteiger partial charge in [0.15, 0.2) is 0 Å². The van der Waals surface area contributed by atoms with E-state index in [1.807, 2.05) is 31.2 Å². The molecule has 0 spiro atoms. The van der Waals surface area contributed by atoms with Crippen LogP contribution < -0.4 is 4.90 Å². The van der Waals surface area contributed by atoms with Gasteiger partial charge < -0.3 is 9.64 Å². The molecule has 1 unspecified atom stereocenters. The van der Waals surface area contributed by atoms with Crippen molar-refractivity contribution in [3.63, 3.8) is 0 Å². The molecule has 5 heteroatoms. The lowest BCUT2D eigenvalue weighted by Crippen LogP contribution is -2.25. The number of nitrogens with zero attached hydrogens (tertiary/aromatic N) is 3. The molecule has 1 saturated heterocycles. The second kappa shape index (κ2) is 6.88. The average molecular weight is 323 g/mol. The zero-order valence-electron chi connectivity index (χ0n) is 14.0. The van der Waals surface area contributed by atoms with E-state index in [-0.39, 0.29) is 17.8 Å². The van der Waals surface area contributed by atoms with Crippen LogP contribution >= 0.6 is 0 Å². The van der Waals surface area contributed by atoms with E-state index in [1.165, 1.54) is 0 Å². The van der Waals surface area contributed by atoms with E-state index in [2.05, 4.69) is 22.9 Å². The van der Waals surface area contributed by atoms with Gasteiger partial charge in [0.2, 0.25) is 0 Å². The summed E-state index contributed by atoms with van der Waals surface area (Å²) >= 11 is 0. The predicted octanol–water partition coefficient (Wildman–Crippen LogP) is 3.13. The fourth-order valence-corrected chi connectivity index (χ4v) is 3.52. The van der Waals surface area contributed by atoms with Crippen molar-refractivity contribution in [1.82, 2.24) is 4.98 Å². The van der Waals surface area contributed by atoms with Crippen LogP contribution in [0.25, 0.3) is 10.9 Å². The number of benzene rings is 1. The minimum atomic E-state index is -0.108. The van der Waals surface area contributed by atoms with E-state index in [0.29, 0.717) is 24.2 Å². The lowest BCUT2D eigenvalue weighted by atomic mass is 9.94. The van der Waals surface area contributed by atoms with Crippen LogP contribution in [0.2, 0.25) is 0 Å². The first-order valence-corrected chi connectivity index (χ1v) is 8.39. The maximum absolute atomic E-state index is 12.3. The van der Waals surface area contributed by atoms with E-state index < -0.39 is 0 Å². The smallest absolute Gasteiger partial charge is 0.311 e. The molecule has 5 nitrogen and oxygen atoms in total. The lowest BCUT2D eigenvalue weighted by molar-refractivity contribution is -0.148. The zero-order chi connectivity index (χ0) is 17.1. The molecule has 24 heavy (non-hydrogen) atoms. The number of hydrogen-bond donors (Lipinski definition) is 0. The Bertz CT molecular complexity index is 797. The Kier molecular flexibility index (Phi) is 4.66. The molecule has 1 aromatic heterocycles. The summed E-state index contributed by atoms with van der Waals surface area (Å²) in [5.41, 5.74) is 2.31. The summed E-state index contributed by atoms with van der Waals surface area (Å²) in [6.07, 6.45) is 2.64. The Morgan fingerprint density at radius 3 is 2.92 bits per heavy atom. The summed E-state index contributed by atoms with van der Waals surface area (Å²) in [6, 6.07) is 9.83. The molecular formula is C19H21N3O2. The highest BCUT2D eigenvalue weighted by molar-refractivity contribution is 5.95. The standard InChI is InChI=1S/C19H21N3O2/c1-3-13-11-22(12-16(13)19(23)24-4-2)17-8-7-14(10-20)18-15(17)6-5-9-21-18/h5-9,13,16H,3-4,11-12H2,1-2H3/t13?,16-/m1/s1. The van der Waals surface area contributed by atoms with E-state index in [1.54, 1.807) is 6.20 Å². The van der Waals surface area contributed by atoms with Gasteiger partial charge in [-0.1, -0.05) is 13.3 Å². The first-order valence-electron chi connectivity index (χ1n) is 8.39. The van der Waals surface area contributed by atoms with Gasteiger partial charge in [-0.05, 0) is 37.1 Å². The van der Waals surface area contributed by atoms with E-state index in [9.17, 15) is 10.1 Å². The second-order valence-electron chi connectivity index (χ2n) is 6.08. The first-order chi connectivity index (χ1) is 11.7. The summed E-state index contributed by atoms with van der Waals surface area (Å²) < 4.78 is 5.25. The summed E-state index contributed by atoms with van der Waals surface area (Å²) in [5.74, 6) is 0.0756. The molecule has 0 saturated carbocycles. The van der Waals surface area contributed by atoms with Crippen LogP contribution in [0.15, 0.2) is 30.5 Å². The van der Waals surface area contributed by atoms with Gasteiger partial charge in [-0.2, -0.15) is 5.26 Å². The number of pyridine rings is 1. The number of fused-ring (bicyclic) bond motifs is 1. The van der Waals surface area contributed by atoms with E-state index >= 15 is 0 Å². The molecule has 3 rings (SSSR count). The number of ether oxygens (including phenoxy) is 1. The molecule has 0 aliphatic carbocycles.